The Hall–Kier alpha value is -2.11. The van der Waals surface area contributed by atoms with E-state index in [9.17, 15) is 4.79 Å². The number of amides is 1. The number of pyridine rings is 1. The van der Waals surface area contributed by atoms with Crippen LogP contribution in [0.2, 0.25) is 5.02 Å². The van der Waals surface area contributed by atoms with Crippen LogP contribution in [0.3, 0.4) is 0 Å². The summed E-state index contributed by atoms with van der Waals surface area (Å²) in [6, 6.07) is 11.5. The maximum absolute atomic E-state index is 12.1. The third-order valence-corrected chi connectivity index (χ3v) is 3.47. The van der Waals surface area contributed by atoms with Crippen molar-refractivity contribution in [2.24, 2.45) is 5.84 Å². The first-order valence-corrected chi connectivity index (χ1v) is 6.95. The predicted molar refractivity (Wildman–Crippen MR) is 84.2 cm³/mol. The number of nitrogen functional groups attached to an aromatic ring is 1. The Morgan fingerprint density at radius 2 is 2.10 bits per heavy atom. The second-order valence-corrected chi connectivity index (χ2v) is 5.13. The predicted octanol–water partition coefficient (Wildman–Crippen LogP) is 2.55. The van der Waals surface area contributed by atoms with Crippen molar-refractivity contribution in [1.29, 1.82) is 0 Å². The van der Waals surface area contributed by atoms with Crippen LogP contribution in [0.5, 0.6) is 0 Å². The molecular formula is C15H17ClN4O. The average Bonchev–Trinajstić information content (AvgIpc) is 2.53. The van der Waals surface area contributed by atoms with Crippen molar-refractivity contribution < 1.29 is 4.79 Å². The van der Waals surface area contributed by atoms with E-state index in [1.165, 1.54) is 17.8 Å². The van der Waals surface area contributed by atoms with Gasteiger partial charge in [-0.3, -0.25) is 4.79 Å². The molecule has 0 radical (unpaired) electrons. The Morgan fingerprint density at radius 3 is 2.71 bits per heavy atom. The molecule has 5 nitrogen and oxygen atoms in total. The second kappa shape index (κ2) is 7.06. The first kappa shape index (κ1) is 15.3. The molecule has 0 spiro atoms. The number of anilines is 1. The maximum Gasteiger partial charge on any atom is 0.252 e. The number of nitrogens with two attached hydrogens (primary N) is 1. The Labute approximate surface area is 128 Å². The van der Waals surface area contributed by atoms with E-state index < -0.39 is 0 Å². The summed E-state index contributed by atoms with van der Waals surface area (Å²) in [4.78, 5) is 16.0. The highest BCUT2D eigenvalue weighted by Crippen LogP contribution is 2.19. The van der Waals surface area contributed by atoms with E-state index in [0.29, 0.717) is 22.9 Å². The number of hydrazine groups is 1. The number of rotatable bonds is 5. The van der Waals surface area contributed by atoms with E-state index in [-0.39, 0.29) is 11.8 Å². The minimum atomic E-state index is -0.212. The number of hydrogen-bond acceptors (Lipinski definition) is 4. The van der Waals surface area contributed by atoms with E-state index in [2.05, 4.69) is 22.7 Å². The van der Waals surface area contributed by atoms with Crippen LogP contribution in [-0.4, -0.2) is 17.4 Å². The summed E-state index contributed by atoms with van der Waals surface area (Å²) in [5.41, 5.74) is 3.94. The normalized spacial score (nSPS) is 11.8. The fourth-order valence-electron chi connectivity index (χ4n) is 1.92. The van der Waals surface area contributed by atoms with E-state index in [4.69, 9.17) is 17.4 Å². The Kier molecular flexibility index (Phi) is 5.14. The zero-order chi connectivity index (χ0) is 15.2. The van der Waals surface area contributed by atoms with Gasteiger partial charge in [-0.25, -0.2) is 10.8 Å². The van der Waals surface area contributed by atoms with Crippen molar-refractivity contribution in [2.45, 2.75) is 12.8 Å². The molecule has 1 heterocycles. The molecule has 4 N–H and O–H groups in total. The lowest BCUT2D eigenvalue weighted by molar-refractivity contribution is 0.0951. The minimum absolute atomic E-state index is 0.212. The molecule has 1 amide bonds. The number of aromatic nitrogens is 1. The smallest absolute Gasteiger partial charge is 0.252 e. The van der Waals surface area contributed by atoms with Crippen LogP contribution < -0.4 is 16.6 Å². The lowest BCUT2D eigenvalue weighted by atomic mass is 10.0. The third kappa shape index (κ3) is 3.93. The minimum Gasteiger partial charge on any atom is -0.351 e. The summed E-state index contributed by atoms with van der Waals surface area (Å²) in [7, 11) is 0. The van der Waals surface area contributed by atoms with Crippen LogP contribution in [0.4, 0.5) is 5.82 Å². The Morgan fingerprint density at radius 1 is 1.38 bits per heavy atom. The van der Waals surface area contributed by atoms with Crippen LogP contribution in [0, 0.1) is 0 Å². The first-order chi connectivity index (χ1) is 10.1. The van der Waals surface area contributed by atoms with Gasteiger partial charge in [-0.2, -0.15) is 0 Å². The second-order valence-electron chi connectivity index (χ2n) is 4.72. The number of halogens is 1. The maximum atomic E-state index is 12.1. The van der Waals surface area contributed by atoms with Gasteiger partial charge in [0.25, 0.3) is 5.91 Å². The third-order valence-electron chi connectivity index (χ3n) is 3.18. The molecule has 1 atom stereocenters. The molecule has 2 aromatic rings. The van der Waals surface area contributed by atoms with E-state index in [1.807, 2.05) is 30.3 Å². The van der Waals surface area contributed by atoms with E-state index in [1.54, 1.807) is 0 Å². The first-order valence-electron chi connectivity index (χ1n) is 6.57. The van der Waals surface area contributed by atoms with E-state index >= 15 is 0 Å². The summed E-state index contributed by atoms with van der Waals surface area (Å²) in [6.45, 7) is 2.60. The van der Waals surface area contributed by atoms with Crippen LogP contribution in [0.1, 0.15) is 28.8 Å². The van der Waals surface area contributed by atoms with Crippen molar-refractivity contribution >= 4 is 23.3 Å². The monoisotopic (exact) mass is 304 g/mol. The number of nitrogens with one attached hydrogen (secondary N) is 2. The molecule has 0 bridgehead atoms. The van der Waals surface area contributed by atoms with Crippen molar-refractivity contribution in [2.75, 3.05) is 12.0 Å². The largest absolute Gasteiger partial charge is 0.351 e. The van der Waals surface area contributed by atoms with Crippen molar-refractivity contribution in [3.8, 4) is 0 Å². The lowest BCUT2D eigenvalue weighted by Gasteiger charge is -2.13. The SMILES string of the molecule is CC(CNC(=O)c1cnc(NN)c(Cl)c1)c1ccccc1. The number of carbonyl (C=O) groups is 1. The molecule has 0 aliphatic carbocycles. The van der Waals surface area contributed by atoms with Crippen LogP contribution in [-0.2, 0) is 0 Å². The summed E-state index contributed by atoms with van der Waals surface area (Å²) in [5, 5.41) is 3.18. The Bertz CT molecular complexity index is 618. The fraction of sp³-hybridized carbons (Fsp3) is 0.200. The molecule has 6 heteroatoms. The molecule has 0 saturated carbocycles. The zero-order valence-electron chi connectivity index (χ0n) is 11.6. The topological polar surface area (TPSA) is 80.0 Å². The highest BCUT2D eigenvalue weighted by atomic mass is 35.5. The van der Waals surface area contributed by atoms with Gasteiger partial charge < -0.3 is 10.7 Å². The van der Waals surface area contributed by atoms with Gasteiger partial charge in [-0.15, -0.1) is 0 Å². The van der Waals surface area contributed by atoms with Gasteiger partial charge in [0.05, 0.1) is 10.6 Å². The number of carbonyl (C=O) groups excluding carboxylic acids is 1. The van der Waals surface area contributed by atoms with Gasteiger partial charge in [-0.05, 0) is 17.5 Å². The van der Waals surface area contributed by atoms with Gasteiger partial charge in [0.15, 0.2) is 5.82 Å². The van der Waals surface area contributed by atoms with Crippen LogP contribution in [0.15, 0.2) is 42.6 Å². The molecule has 1 aromatic carbocycles. The van der Waals surface area contributed by atoms with E-state index in [0.717, 1.165) is 0 Å². The van der Waals surface area contributed by atoms with Crippen LogP contribution in [0.25, 0.3) is 0 Å². The Balaban J connectivity index is 1.97. The lowest BCUT2D eigenvalue weighted by Crippen LogP contribution is -2.27. The number of benzene rings is 1. The highest BCUT2D eigenvalue weighted by Gasteiger charge is 2.11. The molecule has 2 rings (SSSR count). The standard InChI is InChI=1S/C15H17ClN4O/c1-10(11-5-3-2-4-6-11)8-19-15(21)12-7-13(16)14(20-17)18-9-12/h2-7,9-10H,8,17H2,1H3,(H,18,20)(H,19,21). The molecule has 0 aliphatic heterocycles. The van der Waals surface area contributed by atoms with Gasteiger partial charge in [0.1, 0.15) is 0 Å². The van der Waals surface area contributed by atoms with Crippen molar-refractivity contribution in [3.05, 3.63) is 58.7 Å². The van der Waals surface area contributed by atoms with Gasteiger partial charge in [0.2, 0.25) is 0 Å². The summed E-state index contributed by atoms with van der Waals surface area (Å²) in [6.07, 6.45) is 1.43. The molecular weight excluding hydrogens is 288 g/mol. The fourth-order valence-corrected chi connectivity index (χ4v) is 2.14. The molecule has 0 saturated heterocycles. The van der Waals surface area contributed by atoms with Gasteiger partial charge >= 0.3 is 0 Å². The molecule has 21 heavy (non-hydrogen) atoms. The van der Waals surface area contributed by atoms with Crippen molar-refractivity contribution in [3.63, 3.8) is 0 Å². The molecule has 110 valence electrons. The summed E-state index contributed by atoms with van der Waals surface area (Å²) < 4.78 is 0. The van der Waals surface area contributed by atoms with Gasteiger partial charge in [0, 0.05) is 12.7 Å². The zero-order valence-corrected chi connectivity index (χ0v) is 12.4. The number of nitrogens with zero attached hydrogens (tertiary/aromatic N) is 1. The molecule has 1 unspecified atom stereocenters. The molecule has 0 fully saturated rings. The summed E-state index contributed by atoms with van der Waals surface area (Å²) >= 11 is 5.95. The van der Waals surface area contributed by atoms with Gasteiger partial charge in [-0.1, -0.05) is 48.9 Å². The molecule has 1 aromatic heterocycles. The summed E-state index contributed by atoms with van der Waals surface area (Å²) in [5.74, 6) is 5.59. The van der Waals surface area contributed by atoms with Crippen molar-refractivity contribution in [1.82, 2.24) is 10.3 Å². The quantitative estimate of drug-likeness (QED) is 0.586. The highest BCUT2D eigenvalue weighted by molar-refractivity contribution is 6.33. The number of hydrogen-bond donors (Lipinski definition) is 3. The average molecular weight is 305 g/mol. The van der Waals surface area contributed by atoms with Crippen LogP contribution >= 0.6 is 11.6 Å². The molecule has 0 aliphatic rings.